The molecule has 0 aliphatic carbocycles. The van der Waals surface area contributed by atoms with Crippen molar-refractivity contribution in [1.82, 2.24) is 19.6 Å². The molecule has 0 atom stereocenters. The lowest BCUT2D eigenvalue weighted by atomic mass is 10.4. The van der Waals surface area contributed by atoms with Crippen LogP contribution in [0.4, 0.5) is 0 Å². The summed E-state index contributed by atoms with van der Waals surface area (Å²) in [7, 11) is 0. The standard InChI is InChI=1S/C8H14N4S2/c1-3-12(4-2-9-1)5-6-13-8-10-7-11-14-8/h7,9H,1-6H2. The van der Waals surface area contributed by atoms with Gasteiger partial charge in [-0.05, 0) is 11.5 Å². The molecular weight excluding hydrogens is 216 g/mol. The first-order chi connectivity index (χ1) is 6.95. The van der Waals surface area contributed by atoms with Crippen LogP contribution in [0.1, 0.15) is 0 Å². The molecule has 0 unspecified atom stereocenters. The highest BCUT2D eigenvalue weighted by atomic mass is 32.2. The highest BCUT2D eigenvalue weighted by Crippen LogP contribution is 2.17. The van der Waals surface area contributed by atoms with Gasteiger partial charge in [0.15, 0.2) is 4.34 Å². The molecule has 1 aromatic heterocycles. The Balaban J connectivity index is 1.62. The molecule has 1 fully saturated rings. The Bertz CT molecular complexity index is 246. The fourth-order valence-electron chi connectivity index (χ4n) is 1.42. The van der Waals surface area contributed by atoms with Crippen molar-refractivity contribution in [3.8, 4) is 0 Å². The van der Waals surface area contributed by atoms with Gasteiger partial charge in [0.2, 0.25) is 0 Å². The third-order valence-corrected chi connectivity index (χ3v) is 3.96. The van der Waals surface area contributed by atoms with Crippen LogP contribution < -0.4 is 5.32 Å². The van der Waals surface area contributed by atoms with Crippen molar-refractivity contribution >= 4 is 23.3 Å². The number of aromatic nitrogens is 2. The Hall–Kier alpha value is -0.170. The van der Waals surface area contributed by atoms with Crippen LogP contribution >= 0.6 is 23.3 Å². The first kappa shape index (κ1) is 10.4. The van der Waals surface area contributed by atoms with Gasteiger partial charge in [0.05, 0.1) is 0 Å². The predicted octanol–water partition coefficient (Wildman–Crippen LogP) is 0.535. The van der Waals surface area contributed by atoms with E-state index in [1.807, 2.05) is 0 Å². The van der Waals surface area contributed by atoms with Gasteiger partial charge < -0.3 is 5.32 Å². The summed E-state index contributed by atoms with van der Waals surface area (Å²) in [5, 5.41) is 3.35. The van der Waals surface area contributed by atoms with E-state index in [0.717, 1.165) is 29.7 Å². The summed E-state index contributed by atoms with van der Waals surface area (Å²) >= 11 is 3.28. The van der Waals surface area contributed by atoms with Crippen molar-refractivity contribution in [2.45, 2.75) is 4.34 Å². The summed E-state index contributed by atoms with van der Waals surface area (Å²) in [5.41, 5.74) is 0. The van der Waals surface area contributed by atoms with Crippen LogP contribution in [0.2, 0.25) is 0 Å². The number of piperazine rings is 1. The lowest BCUT2D eigenvalue weighted by molar-refractivity contribution is 0.255. The molecular formula is C8H14N4S2. The molecule has 1 aliphatic heterocycles. The smallest absolute Gasteiger partial charge is 0.169 e. The van der Waals surface area contributed by atoms with Crippen molar-refractivity contribution < 1.29 is 0 Å². The van der Waals surface area contributed by atoms with Gasteiger partial charge >= 0.3 is 0 Å². The van der Waals surface area contributed by atoms with Gasteiger partial charge in [-0.3, -0.25) is 4.90 Å². The van der Waals surface area contributed by atoms with Gasteiger partial charge in [-0.2, -0.15) is 4.37 Å². The molecule has 0 bridgehead atoms. The van der Waals surface area contributed by atoms with Gasteiger partial charge in [0.1, 0.15) is 6.33 Å². The normalized spacial score (nSPS) is 18.6. The SMILES string of the molecule is c1nsc(SCCN2CCNCC2)n1. The predicted molar refractivity (Wildman–Crippen MR) is 59.9 cm³/mol. The number of nitrogens with one attached hydrogen (secondary N) is 1. The monoisotopic (exact) mass is 230 g/mol. The zero-order chi connectivity index (χ0) is 9.64. The maximum atomic E-state index is 4.14. The quantitative estimate of drug-likeness (QED) is 0.764. The highest BCUT2D eigenvalue weighted by Gasteiger charge is 2.08. The van der Waals surface area contributed by atoms with Crippen molar-refractivity contribution in [1.29, 1.82) is 0 Å². The molecule has 0 aromatic carbocycles. The second-order valence-corrected chi connectivity index (χ2v) is 5.27. The summed E-state index contributed by atoms with van der Waals surface area (Å²) in [6.45, 7) is 5.77. The van der Waals surface area contributed by atoms with E-state index in [2.05, 4.69) is 19.6 Å². The number of rotatable bonds is 4. The maximum absolute atomic E-state index is 4.14. The summed E-state index contributed by atoms with van der Waals surface area (Å²) in [6, 6.07) is 0. The van der Waals surface area contributed by atoms with Crippen LogP contribution in [0.3, 0.4) is 0 Å². The van der Waals surface area contributed by atoms with Crippen LogP contribution in [-0.2, 0) is 0 Å². The minimum Gasteiger partial charge on any atom is -0.314 e. The summed E-state index contributed by atoms with van der Waals surface area (Å²) in [5.74, 6) is 1.12. The Labute approximate surface area is 92.3 Å². The summed E-state index contributed by atoms with van der Waals surface area (Å²) < 4.78 is 5.06. The Morgan fingerprint density at radius 1 is 1.50 bits per heavy atom. The maximum Gasteiger partial charge on any atom is 0.169 e. The first-order valence-corrected chi connectivity index (χ1v) is 6.53. The van der Waals surface area contributed by atoms with Crippen LogP contribution in [0, 0.1) is 0 Å². The molecule has 1 saturated heterocycles. The van der Waals surface area contributed by atoms with Gasteiger partial charge in [0, 0.05) is 38.5 Å². The van der Waals surface area contributed by atoms with Gasteiger partial charge in [-0.15, -0.1) is 0 Å². The van der Waals surface area contributed by atoms with Crippen LogP contribution in [0.5, 0.6) is 0 Å². The molecule has 6 heteroatoms. The average molecular weight is 230 g/mol. The van der Waals surface area contributed by atoms with Crippen molar-refractivity contribution in [3.63, 3.8) is 0 Å². The Morgan fingerprint density at radius 3 is 3.07 bits per heavy atom. The average Bonchev–Trinajstić information content (AvgIpc) is 2.72. The van der Waals surface area contributed by atoms with Crippen molar-refractivity contribution in [3.05, 3.63) is 6.33 Å². The zero-order valence-electron chi connectivity index (χ0n) is 7.98. The molecule has 1 aliphatic rings. The largest absolute Gasteiger partial charge is 0.314 e. The van der Waals surface area contributed by atoms with E-state index in [-0.39, 0.29) is 0 Å². The number of hydrogen-bond donors (Lipinski definition) is 1. The molecule has 78 valence electrons. The molecule has 2 rings (SSSR count). The lowest BCUT2D eigenvalue weighted by Crippen LogP contribution is -2.44. The molecule has 0 radical (unpaired) electrons. The van der Waals surface area contributed by atoms with E-state index < -0.39 is 0 Å². The fraction of sp³-hybridized carbons (Fsp3) is 0.750. The van der Waals surface area contributed by atoms with E-state index in [1.165, 1.54) is 24.6 Å². The Kier molecular flexibility index (Phi) is 4.18. The number of hydrogen-bond acceptors (Lipinski definition) is 6. The molecule has 0 amide bonds. The third kappa shape index (κ3) is 3.20. The van der Waals surface area contributed by atoms with Gasteiger partial charge in [-0.25, -0.2) is 4.98 Å². The topological polar surface area (TPSA) is 41.1 Å². The lowest BCUT2D eigenvalue weighted by Gasteiger charge is -2.26. The minimum absolute atomic E-state index is 1.08. The van der Waals surface area contributed by atoms with E-state index in [9.17, 15) is 0 Å². The van der Waals surface area contributed by atoms with Crippen molar-refractivity contribution in [2.24, 2.45) is 0 Å². The van der Waals surface area contributed by atoms with Crippen molar-refractivity contribution in [2.75, 3.05) is 38.5 Å². The van der Waals surface area contributed by atoms with E-state index in [1.54, 1.807) is 18.1 Å². The minimum atomic E-state index is 1.08. The molecule has 1 N–H and O–H groups in total. The first-order valence-electron chi connectivity index (χ1n) is 4.78. The van der Waals surface area contributed by atoms with Crippen LogP contribution in [0.25, 0.3) is 0 Å². The number of thioether (sulfide) groups is 1. The summed E-state index contributed by atoms with van der Waals surface area (Å²) in [6.07, 6.45) is 1.62. The van der Waals surface area contributed by atoms with Gasteiger partial charge in [0.25, 0.3) is 0 Å². The molecule has 4 nitrogen and oxygen atoms in total. The number of nitrogens with zero attached hydrogens (tertiary/aromatic N) is 3. The van der Waals surface area contributed by atoms with Crippen LogP contribution in [-0.4, -0.2) is 52.7 Å². The van der Waals surface area contributed by atoms with Gasteiger partial charge in [-0.1, -0.05) is 11.8 Å². The molecule has 14 heavy (non-hydrogen) atoms. The highest BCUT2D eigenvalue weighted by molar-refractivity contribution is 8.00. The zero-order valence-corrected chi connectivity index (χ0v) is 9.61. The fourth-order valence-corrected chi connectivity index (χ4v) is 2.94. The summed E-state index contributed by atoms with van der Waals surface area (Å²) in [4.78, 5) is 6.63. The van der Waals surface area contributed by atoms with Crippen LogP contribution in [0.15, 0.2) is 10.7 Å². The van der Waals surface area contributed by atoms with E-state index >= 15 is 0 Å². The molecule has 0 spiro atoms. The molecule has 1 aromatic rings. The Morgan fingerprint density at radius 2 is 2.36 bits per heavy atom. The van der Waals surface area contributed by atoms with E-state index in [0.29, 0.717) is 0 Å². The second kappa shape index (κ2) is 5.65. The third-order valence-electron chi connectivity index (χ3n) is 2.18. The second-order valence-electron chi connectivity index (χ2n) is 3.15. The molecule has 0 saturated carbocycles. The molecule has 2 heterocycles. The van der Waals surface area contributed by atoms with E-state index in [4.69, 9.17) is 0 Å².